The van der Waals surface area contributed by atoms with E-state index in [1.54, 1.807) is 24.3 Å². The van der Waals surface area contributed by atoms with Crippen molar-refractivity contribution in [1.29, 1.82) is 0 Å². The zero-order valence-electron chi connectivity index (χ0n) is 25.0. The molecule has 10 heteroatoms. The fourth-order valence-electron chi connectivity index (χ4n) is 5.47. The molecule has 0 bridgehead atoms. The number of amides is 2. The molecule has 1 N–H and O–H groups in total. The Hall–Kier alpha value is -3.56. The first-order valence-corrected chi connectivity index (χ1v) is 16.5. The quantitative estimate of drug-likeness (QED) is 0.261. The van der Waals surface area contributed by atoms with Gasteiger partial charge in [-0.2, -0.15) is 0 Å². The van der Waals surface area contributed by atoms with Crippen molar-refractivity contribution in [2.45, 2.75) is 69.4 Å². The normalized spacial score (nSPS) is 14.2. The summed E-state index contributed by atoms with van der Waals surface area (Å²) in [5.41, 5.74) is 2.04. The molecule has 1 aliphatic carbocycles. The Morgan fingerprint density at radius 1 is 1.02 bits per heavy atom. The standard InChI is InChI=1S/C33H40ClN3O5S/c1-4-29(33(39)35-27-12-8-9-13-27)36(21-20-25-10-6-5-7-11-25)32(38)23-37(30-22-26(34)16-19-31(30)42-3)43(40,41)28-17-14-24(2)15-18-28/h5-7,10-11,14-19,22,27,29H,4,8-9,12-13,20-21,23H2,1-3H3,(H,35,39). The molecule has 3 aromatic rings. The molecule has 1 fully saturated rings. The first-order chi connectivity index (χ1) is 20.6. The van der Waals surface area contributed by atoms with Crippen LogP contribution in [0.3, 0.4) is 0 Å². The van der Waals surface area contributed by atoms with Gasteiger partial charge in [0.1, 0.15) is 18.3 Å². The third-order valence-corrected chi connectivity index (χ3v) is 9.88. The van der Waals surface area contributed by atoms with Gasteiger partial charge in [-0.3, -0.25) is 13.9 Å². The average molecular weight is 626 g/mol. The summed E-state index contributed by atoms with van der Waals surface area (Å²) in [5.74, 6) is -0.471. The van der Waals surface area contributed by atoms with Crippen LogP contribution < -0.4 is 14.4 Å². The average Bonchev–Trinajstić information content (AvgIpc) is 3.51. The van der Waals surface area contributed by atoms with Crippen molar-refractivity contribution < 1.29 is 22.7 Å². The largest absolute Gasteiger partial charge is 0.495 e. The number of ether oxygens (including phenoxy) is 1. The van der Waals surface area contributed by atoms with Crippen molar-refractivity contribution >= 4 is 39.1 Å². The van der Waals surface area contributed by atoms with Gasteiger partial charge in [0.15, 0.2) is 0 Å². The molecule has 1 atom stereocenters. The van der Waals surface area contributed by atoms with E-state index < -0.39 is 28.5 Å². The van der Waals surface area contributed by atoms with Gasteiger partial charge in [-0.15, -0.1) is 0 Å². The maximum Gasteiger partial charge on any atom is 0.264 e. The highest BCUT2D eigenvalue weighted by molar-refractivity contribution is 7.92. The Labute approximate surface area is 260 Å². The number of carbonyl (C=O) groups is 2. The molecule has 0 aliphatic heterocycles. The lowest BCUT2D eigenvalue weighted by molar-refractivity contribution is -0.139. The molecule has 0 saturated heterocycles. The van der Waals surface area contributed by atoms with Gasteiger partial charge in [0.05, 0.1) is 17.7 Å². The van der Waals surface area contributed by atoms with E-state index in [0.29, 0.717) is 12.8 Å². The van der Waals surface area contributed by atoms with Crippen LogP contribution in [0, 0.1) is 6.92 Å². The Bertz CT molecular complexity index is 1490. The Morgan fingerprint density at radius 2 is 1.70 bits per heavy atom. The molecule has 0 spiro atoms. The van der Waals surface area contributed by atoms with Crippen LogP contribution >= 0.6 is 11.6 Å². The molecule has 3 aromatic carbocycles. The van der Waals surface area contributed by atoms with Crippen molar-refractivity contribution in [3.63, 3.8) is 0 Å². The number of benzene rings is 3. The van der Waals surface area contributed by atoms with Crippen molar-refractivity contribution in [3.8, 4) is 5.75 Å². The number of nitrogens with one attached hydrogen (secondary N) is 1. The van der Waals surface area contributed by atoms with Crippen molar-refractivity contribution in [3.05, 3.63) is 88.9 Å². The molecular formula is C33H40ClN3O5S. The predicted octanol–water partition coefficient (Wildman–Crippen LogP) is 5.76. The van der Waals surface area contributed by atoms with Gasteiger partial charge in [0.2, 0.25) is 11.8 Å². The molecule has 0 aromatic heterocycles. The number of anilines is 1. The van der Waals surface area contributed by atoms with Crippen LogP contribution in [-0.2, 0) is 26.0 Å². The monoisotopic (exact) mass is 625 g/mol. The van der Waals surface area contributed by atoms with E-state index in [9.17, 15) is 18.0 Å². The number of sulfonamides is 1. The van der Waals surface area contributed by atoms with Crippen LogP contribution in [0.4, 0.5) is 5.69 Å². The van der Waals surface area contributed by atoms with E-state index >= 15 is 0 Å². The van der Waals surface area contributed by atoms with Crippen molar-refractivity contribution in [2.75, 3.05) is 24.5 Å². The predicted molar refractivity (Wildman–Crippen MR) is 170 cm³/mol. The minimum absolute atomic E-state index is 0.0229. The summed E-state index contributed by atoms with van der Waals surface area (Å²) in [7, 11) is -2.81. The maximum atomic E-state index is 14.3. The van der Waals surface area contributed by atoms with Crippen LogP contribution in [0.15, 0.2) is 77.7 Å². The van der Waals surface area contributed by atoms with Gasteiger partial charge in [-0.05, 0) is 68.5 Å². The first-order valence-electron chi connectivity index (χ1n) is 14.7. The number of hydrogen-bond acceptors (Lipinski definition) is 5. The van der Waals surface area contributed by atoms with Crippen molar-refractivity contribution in [1.82, 2.24) is 10.2 Å². The third-order valence-electron chi connectivity index (χ3n) is 7.87. The highest BCUT2D eigenvalue weighted by Gasteiger charge is 2.35. The molecule has 0 heterocycles. The molecule has 8 nitrogen and oxygen atoms in total. The Balaban J connectivity index is 1.72. The Kier molecular flexibility index (Phi) is 11.1. The summed E-state index contributed by atoms with van der Waals surface area (Å²) in [5, 5.41) is 3.42. The summed E-state index contributed by atoms with van der Waals surface area (Å²) in [6, 6.07) is 20.1. The van der Waals surface area contributed by atoms with Gasteiger partial charge in [-0.25, -0.2) is 8.42 Å². The summed E-state index contributed by atoms with van der Waals surface area (Å²) in [6.07, 6.45) is 4.83. The number of hydrogen-bond donors (Lipinski definition) is 1. The SMILES string of the molecule is CCC(C(=O)NC1CCCC1)N(CCc1ccccc1)C(=O)CN(c1cc(Cl)ccc1OC)S(=O)(=O)c1ccc(C)cc1. The maximum absolute atomic E-state index is 14.3. The van der Waals surface area contributed by atoms with Crippen LogP contribution in [0.25, 0.3) is 0 Å². The number of nitrogens with zero attached hydrogens (tertiary/aromatic N) is 2. The highest BCUT2D eigenvalue weighted by atomic mass is 35.5. The zero-order valence-corrected chi connectivity index (χ0v) is 26.5. The number of carbonyl (C=O) groups excluding carboxylic acids is 2. The van der Waals surface area contributed by atoms with Crippen molar-refractivity contribution in [2.24, 2.45) is 0 Å². The van der Waals surface area contributed by atoms with E-state index in [0.717, 1.165) is 41.1 Å². The van der Waals surface area contributed by atoms with Crippen LogP contribution in [0.5, 0.6) is 5.75 Å². The van der Waals surface area contributed by atoms with E-state index in [-0.39, 0.29) is 39.8 Å². The van der Waals surface area contributed by atoms with E-state index in [2.05, 4.69) is 5.32 Å². The number of methoxy groups -OCH3 is 1. The molecule has 4 rings (SSSR count). The van der Waals surface area contributed by atoms with Gasteiger partial charge in [0.25, 0.3) is 10.0 Å². The topological polar surface area (TPSA) is 96.0 Å². The van der Waals surface area contributed by atoms with Crippen LogP contribution in [0.2, 0.25) is 5.02 Å². The molecule has 230 valence electrons. The molecule has 1 unspecified atom stereocenters. The minimum Gasteiger partial charge on any atom is -0.495 e. The van der Waals surface area contributed by atoms with E-state index in [1.165, 1.54) is 30.2 Å². The molecular weight excluding hydrogens is 586 g/mol. The number of rotatable bonds is 13. The second kappa shape index (κ2) is 14.8. The highest BCUT2D eigenvalue weighted by Crippen LogP contribution is 2.35. The first kappa shape index (κ1) is 32.4. The molecule has 1 saturated carbocycles. The Morgan fingerprint density at radius 3 is 2.33 bits per heavy atom. The zero-order chi connectivity index (χ0) is 31.0. The van der Waals surface area contributed by atoms with Gasteiger partial charge < -0.3 is 15.0 Å². The van der Waals surface area contributed by atoms with Gasteiger partial charge in [-0.1, -0.05) is 79.4 Å². The summed E-state index contributed by atoms with van der Waals surface area (Å²) >= 11 is 6.32. The minimum atomic E-state index is -4.24. The second-order valence-corrected chi connectivity index (χ2v) is 13.2. The molecule has 2 amide bonds. The molecule has 43 heavy (non-hydrogen) atoms. The fourth-order valence-corrected chi connectivity index (χ4v) is 7.06. The second-order valence-electron chi connectivity index (χ2n) is 10.9. The lowest BCUT2D eigenvalue weighted by atomic mass is 10.1. The smallest absolute Gasteiger partial charge is 0.264 e. The molecule has 0 radical (unpaired) electrons. The lowest BCUT2D eigenvalue weighted by Crippen LogP contribution is -2.54. The third kappa shape index (κ3) is 8.09. The van der Waals surface area contributed by atoms with Crippen LogP contribution in [-0.4, -0.2) is 57.4 Å². The lowest BCUT2D eigenvalue weighted by Gasteiger charge is -2.34. The van der Waals surface area contributed by atoms with Gasteiger partial charge >= 0.3 is 0 Å². The van der Waals surface area contributed by atoms with E-state index in [4.69, 9.17) is 16.3 Å². The molecule has 1 aliphatic rings. The number of aryl methyl sites for hydroxylation is 1. The number of halogens is 1. The summed E-state index contributed by atoms with van der Waals surface area (Å²) in [6.45, 7) is 3.42. The fraction of sp³-hybridized carbons (Fsp3) is 0.394. The van der Waals surface area contributed by atoms with Gasteiger partial charge in [0, 0.05) is 17.6 Å². The van der Waals surface area contributed by atoms with E-state index in [1.807, 2.05) is 44.2 Å². The summed E-state index contributed by atoms with van der Waals surface area (Å²) in [4.78, 5) is 29.4. The summed E-state index contributed by atoms with van der Waals surface area (Å²) < 4.78 is 34.8. The van der Waals surface area contributed by atoms with Crippen LogP contribution in [0.1, 0.15) is 50.2 Å².